The smallest absolute Gasteiger partial charge is 0.106 e. The van der Waals surface area contributed by atoms with Crippen LogP contribution in [0.25, 0.3) is 0 Å². The molecule has 0 aliphatic carbocycles. The summed E-state index contributed by atoms with van der Waals surface area (Å²) in [5, 5.41) is 3.39. The average molecular weight is 221 g/mol. The molecule has 0 amide bonds. The van der Waals surface area contributed by atoms with E-state index >= 15 is 0 Å². The van der Waals surface area contributed by atoms with Gasteiger partial charge in [0.1, 0.15) is 5.82 Å². The van der Waals surface area contributed by atoms with Crippen molar-refractivity contribution in [2.75, 3.05) is 6.54 Å². The van der Waals surface area contributed by atoms with Gasteiger partial charge in [-0.1, -0.05) is 20.3 Å². The van der Waals surface area contributed by atoms with E-state index in [4.69, 9.17) is 4.98 Å². The lowest BCUT2D eigenvalue weighted by Gasteiger charge is -2.23. The quantitative estimate of drug-likeness (QED) is 0.847. The molecular formula is C13H23N3. The summed E-state index contributed by atoms with van der Waals surface area (Å²) in [7, 11) is 0. The molecule has 1 aromatic heterocycles. The van der Waals surface area contributed by atoms with Crippen molar-refractivity contribution in [2.45, 2.75) is 59.0 Å². The van der Waals surface area contributed by atoms with Gasteiger partial charge < -0.3 is 9.88 Å². The molecule has 0 fully saturated rings. The standard InChI is InChI=1S/C13H23N3/c1-4-6-11(5-2)16-10(3)15-12-9-14-8-7-13(12)16/h11,14H,4-9H2,1-3H3. The van der Waals surface area contributed by atoms with E-state index in [9.17, 15) is 0 Å². The second-order valence-electron chi connectivity index (χ2n) is 4.70. The van der Waals surface area contributed by atoms with E-state index in [1.54, 1.807) is 0 Å². The Kier molecular flexibility index (Phi) is 3.64. The minimum absolute atomic E-state index is 0.652. The number of aryl methyl sites for hydroxylation is 1. The number of hydrogen-bond acceptors (Lipinski definition) is 2. The van der Waals surface area contributed by atoms with Gasteiger partial charge in [-0.3, -0.25) is 0 Å². The van der Waals surface area contributed by atoms with E-state index in [-0.39, 0.29) is 0 Å². The number of nitrogens with zero attached hydrogens (tertiary/aromatic N) is 2. The highest BCUT2D eigenvalue weighted by Gasteiger charge is 2.21. The van der Waals surface area contributed by atoms with E-state index in [1.165, 1.54) is 36.5 Å². The maximum absolute atomic E-state index is 4.70. The topological polar surface area (TPSA) is 29.9 Å². The van der Waals surface area contributed by atoms with Crippen molar-refractivity contribution in [1.29, 1.82) is 0 Å². The van der Waals surface area contributed by atoms with Crippen LogP contribution < -0.4 is 5.32 Å². The third kappa shape index (κ3) is 2.01. The Morgan fingerprint density at radius 3 is 2.94 bits per heavy atom. The van der Waals surface area contributed by atoms with Crippen LogP contribution in [-0.2, 0) is 13.0 Å². The molecule has 2 heterocycles. The second-order valence-corrected chi connectivity index (χ2v) is 4.70. The SMILES string of the molecule is CCCC(CC)n1c(C)nc2c1CCNC2. The monoisotopic (exact) mass is 221 g/mol. The van der Waals surface area contributed by atoms with Gasteiger partial charge in [-0.25, -0.2) is 4.98 Å². The lowest BCUT2D eigenvalue weighted by atomic mass is 10.1. The van der Waals surface area contributed by atoms with E-state index < -0.39 is 0 Å². The Bertz CT molecular complexity index is 354. The van der Waals surface area contributed by atoms with Gasteiger partial charge in [0, 0.05) is 31.2 Å². The number of aromatic nitrogens is 2. The zero-order valence-corrected chi connectivity index (χ0v) is 10.7. The Hall–Kier alpha value is -0.830. The minimum Gasteiger partial charge on any atom is -0.329 e. The van der Waals surface area contributed by atoms with Crippen molar-refractivity contribution in [3.05, 3.63) is 17.2 Å². The molecule has 3 nitrogen and oxygen atoms in total. The summed E-state index contributed by atoms with van der Waals surface area (Å²) in [5.41, 5.74) is 2.76. The van der Waals surface area contributed by atoms with Crippen molar-refractivity contribution in [3.63, 3.8) is 0 Å². The highest BCUT2D eigenvalue weighted by Crippen LogP contribution is 2.25. The van der Waals surface area contributed by atoms with Gasteiger partial charge >= 0.3 is 0 Å². The van der Waals surface area contributed by atoms with Crippen LogP contribution >= 0.6 is 0 Å². The molecule has 0 aromatic carbocycles. The maximum atomic E-state index is 4.70. The van der Waals surface area contributed by atoms with E-state index in [1.807, 2.05) is 0 Å². The third-order valence-corrected chi connectivity index (χ3v) is 3.56. The molecule has 90 valence electrons. The van der Waals surface area contributed by atoms with Gasteiger partial charge in [-0.15, -0.1) is 0 Å². The fraction of sp³-hybridized carbons (Fsp3) is 0.769. The van der Waals surface area contributed by atoms with Crippen molar-refractivity contribution >= 4 is 0 Å². The third-order valence-electron chi connectivity index (χ3n) is 3.56. The van der Waals surface area contributed by atoms with Gasteiger partial charge in [-0.2, -0.15) is 0 Å². The first-order valence-electron chi connectivity index (χ1n) is 6.55. The predicted molar refractivity (Wildman–Crippen MR) is 66.6 cm³/mol. The number of hydrogen-bond donors (Lipinski definition) is 1. The van der Waals surface area contributed by atoms with Crippen molar-refractivity contribution in [1.82, 2.24) is 14.9 Å². The van der Waals surface area contributed by atoms with Crippen LogP contribution in [0.15, 0.2) is 0 Å². The molecule has 0 spiro atoms. The van der Waals surface area contributed by atoms with Crippen LogP contribution in [0.2, 0.25) is 0 Å². The van der Waals surface area contributed by atoms with Crippen molar-refractivity contribution in [2.24, 2.45) is 0 Å². The first kappa shape index (κ1) is 11.6. The van der Waals surface area contributed by atoms with Crippen LogP contribution in [0.3, 0.4) is 0 Å². The summed E-state index contributed by atoms with van der Waals surface area (Å²) in [6, 6.07) is 0.652. The largest absolute Gasteiger partial charge is 0.329 e. The molecule has 1 atom stereocenters. The van der Waals surface area contributed by atoms with Gasteiger partial charge in [0.2, 0.25) is 0 Å². The average Bonchev–Trinajstić information content (AvgIpc) is 2.62. The van der Waals surface area contributed by atoms with Crippen LogP contribution in [0, 0.1) is 6.92 Å². The molecule has 0 bridgehead atoms. The molecule has 0 saturated carbocycles. The second kappa shape index (κ2) is 5.00. The highest BCUT2D eigenvalue weighted by atomic mass is 15.1. The maximum Gasteiger partial charge on any atom is 0.106 e. The molecule has 3 heteroatoms. The number of nitrogens with one attached hydrogen (secondary N) is 1. The fourth-order valence-corrected chi connectivity index (χ4v) is 2.80. The summed E-state index contributed by atoms with van der Waals surface area (Å²) in [4.78, 5) is 4.70. The van der Waals surface area contributed by atoms with E-state index in [0.717, 1.165) is 19.5 Å². The fourth-order valence-electron chi connectivity index (χ4n) is 2.80. The van der Waals surface area contributed by atoms with Crippen LogP contribution in [-0.4, -0.2) is 16.1 Å². The normalized spacial score (nSPS) is 17.2. The summed E-state index contributed by atoms with van der Waals surface area (Å²) in [5.74, 6) is 1.20. The summed E-state index contributed by atoms with van der Waals surface area (Å²) < 4.78 is 2.50. The van der Waals surface area contributed by atoms with Gasteiger partial charge in [0.25, 0.3) is 0 Å². The van der Waals surface area contributed by atoms with E-state index in [0.29, 0.717) is 6.04 Å². The summed E-state index contributed by atoms with van der Waals surface area (Å²) in [6.45, 7) is 8.75. The minimum atomic E-state index is 0.652. The molecule has 1 N–H and O–H groups in total. The number of rotatable bonds is 4. The molecule has 16 heavy (non-hydrogen) atoms. The predicted octanol–water partition coefficient (Wildman–Crippen LogP) is 2.59. The van der Waals surface area contributed by atoms with Crippen LogP contribution in [0.4, 0.5) is 0 Å². The molecule has 1 aliphatic heterocycles. The Labute approximate surface area is 98.3 Å². The molecule has 1 aliphatic rings. The molecule has 1 aromatic rings. The van der Waals surface area contributed by atoms with Crippen LogP contribution in [0.5, 0.6) is 0 Å². The lowest BCUT2D eigenvalue weighted by molar-refractivity contribution is 0.422. The Morgan fingerprint density at radius 2 is 2.25 bits per heavy atom. The highest BCUT2D eigenvalue weighted by molar-refractivity contribution is 5.20. The van der Waals surface area contributed by atoms with Gasteiger partial charge in [-0.05, 0) is 19.8 Å². The van der Waals surface area contributed by atoms with Crippen LogP contribution in [0.1, 0.15) is 56.4 Å². The lowest BCUT2D eigenvalue weighted by Crippen LogP contribution is -2.26. The zero-order chi connectivity index (χ0) is 11.5. The van der Waals surface area contributed by atoms with Gasteiger partial charge in [0.05, 0.1) is 5.69 Å². The zero-order valence-electron chi connectivity index (χ0n) is 10.7. The van der Waals surface area contributed by atoms with Gasteiger partial charge in [0.15, 0.2) is 0 Å². The molecular weight excluding hydrogens is 198 g/mol. The molecule has 0 saturated heterocycles. The molecule has 2 rings (SSSR count). The van der Waals surface area contributed by atoms with E-state index in [2.05, 4.69) is 30.7 Å². The molecule has 1 unspecified atom stereocenters. The number of imidazole rings is 1. The first-order chi connectivity index (χ1) is 7.77. The number of fused-ring (bicyclic) bond motifs is 1. The Morgan fingerprint density at radius 1 is 1.44 bits per heavy atom. The Balaban J connectivity index is 2.34. The van der Waals surface area contributed by atoms with Crippen molar-refractivity contribution < 1.29 is 0 Å². The first-order valence-corrected chi connectivity index (χ1v) is 6.55. The summed E-state index contributed by atoms with van der Waals surface area (Å²) >= 11 is 0. The van der Waals surface area contributed by atoms with Crippen molar-refractivity contribution in [3.8, 4) is 0 Å². The summed E-state index contributed by atoms with van der Waals surface area (Å²) in [6.07, 6.45) is 4.87. The molecule has 0 radical (unpaired) electrons.